The lowest BCUT2D eigenvalue weighted by Gasteiger charge is -2.17. The van der Waals surface area contributed by atoms with Gasteiger partial charge in [0.05, 0.1) is 11.9 Å². The standard InChI is InChI=1S/C25H23ClF2N8O3/c26-16-2-3-20(39-25(27)28)17(6-16)22-19(32-24(38)18-9-31-36-5-1-4-30-23(18)36)12-35(33-22)13-21(37)34-10-14-7-29-8-15(14)11-34/h1-6,9,12,14-15,25,29H,7-8,10-11,13H2,(H,32,38)/t14-,15+. The Morgan fingerprint density at radius 2 is 2.03 bits per heavy atom. The van der Waals surface area contributed by atoms with E-state index in [9.17, 15) is 18.4 Å². The molecule has 11 nitrogen and oxygen atoms in total. The number of benzene rings is 1. The number of aromatic nitrogens is 5. The van der Waals surface area contributed by atoms with Gasteiger partial charge in [0.1, 0.15) is 23.6 Å². The van der Waals surface area contributed by atoms with Crippen LogP contribution in [0.2, 0.25) is 5.02 Å². The number of carbonyl (C=O) groups excluding carboxylic acids is 2. The lowest BCUT2D eigenvalue weighted by Crippen LogP contribution is -2.34. The van der Waals surface area contributed by atoms with Crippen LogP contribution in [0.15, 0.2) is 49.1 Å². The van der Waals surface area contributed by atoms with Gasteiger partial charge in [0.25, 0.3) is 5.91 Å². The Morgan fingerprint density at radius 1 is 1.23 bits per heavy atom. The van der Waals surface area contributed by atoms with Crippen LogP contribution in [0, 0.1) is 11.8 Å². The number of amides is 2. The van der Waals surface area contributed by atoms with Gasteiger partial charge in [-0.15, -0.1) is 0 Å². The van der Waals surface area contributed by atoms with Crippen LogP contribution in [0.1, 0.15) is 10.4 Å². The molecule has 1 aromatic carbocycles. The zero-order chi connectivity index (χ0) is 27.1. The van der Waals surface area contributed by atoms with Gasteiger partial charge in [-0.1, -0.05) is 11.6 Å². The fourth-order valence-corrected chi connectivity index (χ4v) is 5.33. The van der Waals surface area contributed by atoms with Crippen LogP contribution in [0.5, 0.6) is 5.75 Å². The summed E-state index contributed by atoms with van der Waals surface area (Å²) in [5.41, 5.74) is 0.938. The maximum atomic E-state index is 13.3. The number of ether oxygens (including phenoxy) is 1. The van der Waals surface area contributed by atoms with Gasteiger partial charge in [-0.3, -0.25) is 14.3 Å². The molecule has 14 heteroatoms. The van der Waals surface area contributed by atoms with Gasteiger partial charge in [-0.05, 0) is 36.1 Å². The second-order valence-corrected chi connectivity index (χ2v) is 9.92. The number of fused-ring (bicyclic) bond motifs is 2. The third kappa shape index (κ3) is 5.02. The molecule has 2 amide bonds. The van der Waals surface area contributed by atoms with Crippen molar-refractivity contribution in [1.29, 1.82) is 0 Å². The number of likely N-dealkylation sites (tertiary alicyclic amines) is 1. The smallest absolute Gasteiger partial charge is 0.387 e. The van der Waals surface area contributed by atoms with E-state index >= 15 is 0 Å². The Hall–Kier alpha value is -4.10. The summed E-state index contributed by atoms with van der Waals surface area (Å²) in [6.07, 6.45) is 6.03. The van der Waals surface area contributed by atoms with Gasteiger partial charge in [0, 0.05) is 55.4 Å². The predicted molar refractivity (Wildman–Crippen MR) is 137 cm³/mol. The first-order chi connectivity index (χ1) is 18.9. The minimum atomic E-state index is -3.10. The van der Waals surface area contributed by atoms with Crippen molar-refractivity contribution in [2.45, 2.75) is 13.2 Å². The molecule has 6 rings (SSSR count). The van der Waals surface area contributed by atoms with Crippen LogP contribution in [0.3, 0.4) is 0 Å². The SMILES string of the molecule is O=C(Nc1cn(CC(=O)N2C[C@H]3CNC[C@H]3C2)nc1-c1cc(Cl)ccc1OC(F)F)c1cnn2cccnc12. The third-order valence-corrected chi connectivity index (χ3v) is 7.22. The van der Waals surface area contributed by atoms with E-state index in [-0.39, 0.29) is 45.7 Å². The second kappa shape index (κ2) is 10.2. The summed E-state index contributed by atoms with van der Waals surface area (Å²) < 4.78 is 33.9. The molecule has 2 atom stereocenters. The number of halogens is 3. The van der Waals surface area contributed by atoms with E-state index in [2.05, 4.69) is 25.8 Å². The van der Waals surface area contributed by atoms with E-state index in [1.54, 1.807) is 12.3 Å². The molecule has 0 unspecified atom stereocenters. The molecule has 5 heterocycles. The van der Waals surface area contributed by atoms with Crippen LogP contribution < -0.4 is 15.4 Å². The summed E-state index contributed by atoms with van der Waals surface area (Å²) in [5.74, 6) is 0.000236. The summed E-state index contributed by atoms with van der Waals surface area (Å²) in [7, 11) is 0. The average Bonchev–Trinajstić information content (AvgIpc) is 3.68. The normalized spacial score (nSPS) is 18.6. The quantitative estimate of drug-likeness (QED) is 0.359. The van der Waals surface area contributed by atoms with Gasteiger partial charge in [-0.2, -0.15) is 19.0 Å². The monoisotopic (exact) mass is 556 g/mol. The summed E-state index contributed by atoms with van der Waals surface area (Å²) >= 11 is 6.18. The number of nitrogens with zero attached hydrogens (tertiary/aromatic N) is 6. The van der Waals surface area contributed by atoms with E-state index in [1.165, 1.54) is 46.0 Å². The molecule has 0 bridgehead atoms. The molecule has 0 radical (unpaired) electrons. The lowest BCUT2D eigenvalue weighted by molar-refractivity contribution is -0.131. The van der Waals surface area contributed by atoms with E-state index in [1.807, 2.05) is 4.90 Å². The molecule has 0 saturated carbocycles. The minimum Gasteiger partial charge on any atom is -0.434 e. The Morgan fingerprint density at radius 3 is 2.79 bits per heavy atom. The Kier molecular flexibility index (Phi) is 6.61. The zero-order valence-electron chi connectivity index (χ0n) is 20.4. The first kappa shape index (κ1) is 25.2. The van der Waals surface area contributed by atoms with Crippen LogP contribution >= 0.6 is 11.6 Å². The summed E-state index contributed by atoms with van der Waals surface area (Å²) in [6, 6.07) is 5.79. The molecule has 202 valence electrons. The van der Waals surface area contributed by atoms with Gasteiger partial charge >= 0.3 is 6.61 Å². The number of hydrogen-bond acceptors (Lipinski definition) is 7. The van der Waals surface area contributed by atoms with Gasteiger partial charge in [0.2, 0.25) is 5.91 Å². The number of hydrogen-bond donors (Lipinski definition) is 2. The first-order valence-electron chi connectivity index (χ1n) is 12.3. The second-order valence-electron chi connectivity index (χ2n) is 9.49. The van der Waals surface area contributed by atoms with Crippen molar-refractivity contribution in [1.82, 2.24) is 34.6 Å². The third-order valence-electron chi connectivity index (χ3n) is 6.99. The maximum Gasteiger partial charge on any atom is 0.387 e. The van der Waals surface area contributed by atoms with Crippen molar-refractivity contribution in [2.75, 3.05) is 31.5 Å². The number of alkyl halides is 2. The lowest BCUT2D eigenvalue weighted by atomic mass is 10.0. The summed E-state index contributed by atoms with van der Waals surface area (Å²) in [4.78, 5) is 32.4. The van der Waals surface area contributed by atoms with Gasteiger partial charge < -0.3 is 20.3 Å². The molecule has 0 spiro atoms. The molecule has 2 aliphatic heterocycles. The van der Waals surface area contributed by atoms with Crippen molar-refractivity contribution in [3.8, 4) is 17.0 Å². The van der Waals surface area contributed by atoms with Crippen LogP contribution in [0.4, 0.5) is 14.5 Å². The molecule has 39 heavy (non-hydrogen) atoms. The molecule has 2 fully saturated rings. The van der Waals surface area contributed by atoms with Crippen molar-refractivity contribution < 1.29 is 23.1 Å². The predicted octanol–water partition coefficient (Wildman–Crippen LogP) is 2.78. The number of nitrogens with one attached hydrogen (secondary N) is 2. The maximum absolute atomic E-state index is 13.3. The fraction of sp³-hybridized carbons (Fsp3) is 0.320. The van der Waals surface area contributed by atoms with Gasteiger partial charge in [0.15, 0.2) is 5.65 Å². The van der Waals surface area contributed by atoms with Crippen LogP contribution in [-0.2, 0) is 11.3 Å². The van der Waals surface area contributed by atoms with E-state index in [0.717, 1.165) is 13.1 Å². The number of carbonyl (C=O) groups is 2. The topological polar surface area (TPSA) is 119 Å². The largest absolute Gasteiger partial charge is 0.434 e. The zero-order valence-corrected chi connectivity index (χ0v) is 21.2. The first-order valence-corrected chi connectivity index (χ1v) is 12.6. The van der Waals surface area contributed by atoms with Crippen LogP contribution in [-0.4, -0.2) is 73.9 Å². The molecule has 4 aromatic rings. The van der Waals surface area contributed by atoms with Crippen molar-refractivity contribution >= 4 is 34.7 Å². The van der Waals surface area contributed by atoms with Crippen LogP contribution in [0.25, 0.3) is 16.9 Å². The highest BCUT2D eigenvalue weighted by atomic mass is 35.5. The highest BCUT2D eigenvalue weighted by Gasteiger charge is 2.38. The molecular weight excluding hydrogens is 534 g/mol. The molecule has 2 saturated heterocycles. The highest BCUT2D eigenvalue weighted by molar-refractivity contribution is 6.31. The van der Waals surface area contributed by atoms with E-state index < -0.39 is 12.5 Å². The summed E-state index contributed by atoms with van der Waals surface area (Å²) in [5, 5.41) is 15.0. The number of anilines is 1. The highest BCUT2D eigenvalue weighted by Crippen LogP contribution is 2.37. The Labute approximate surface area is 225 Å². The average molecular weight is 557 g/mol. The molecule has 3 aromatic heterocycles. The number of rotatable bonds is 7. The molecular formula is C25H23ClF2N8O3. The summed E-state index contributed by atoms with van der Waals surface area (Å²) in [6.45, 7) is -0.0966. The van der Waals surface area contributed by atoms with Crippen molar-refractivity contribution in [3.05, 3.63) is 59.6 Å². The minimum absolute atomic E-state index is 0.0976. The molecule has 2 aliphatic rings. The van der Waals surface area contributed by atoms with Crippen molar-refractivity contribution in [3.63, 3.8) is 0 Å². The Balaban J connectivity index is 1.33. The van der Waals surface area contributed by atoms with E-state index in [4.69, 9.17) is 16.3 Å². The van der Waals surface area contributed by atoms with Crippen molar-refractivity contribution in [2.24, 2.45) is 11.8 Å². The van der Waals surface area contributed by atoms with E-state index in [0.29, 0.717) is 30.6 Å². The Bertz CT molecular complexity index is 1550. The van der Waals surface area contributed by atoms with Gasteiger partial charge in [-0.25, -0.2) is 9.50 Å². The molecule has 0 aliphatic carbocycles. The molecule has 2 N–H and O–H groups in total. The fourth-order valence-electron chi connectivity index (χ4n) is 5.15.